The van der Waals surface area contributed by atoms with Crippen molar-refractivity contribution in [3.63, 3.8) is 0 Å². The van der Waals surface area contributed by atoms with Crippen molar-refractivity contribution in [1.29, 1.82) is 0 Å². The molecule has 0 saturated heterocycles. The van der Waals surface area contributed by atoms with Gasteiger partial charge >= 0.3 is 13.7 Å². The number of carbonyl (C=O) groups is 1. The topological polar surface area (TPSA) is 173 Å². The second-order valence-corrected chi connectivity index (χ2v) is 10.1. The van der Waals surface area contributed by atoms with Crippen LogP contribution in [-0.2, 0) is 18.6 Å². The molecule has 0 bridgehead atoms. The van der Waals surface area contributed by atoms with Crippen molar-refractivity contribution in [3.05, 3.63) is 48.8 Å². The third-order valence-electron chi connectivity index (χ3n) is 5.59. The molecule has 0 aliphatic heterocycles. The third-order valence-corrected chi connectivity index (χ3v) is 7.23. The zero-order valence-corrected chi connectivity index (χ0v) is 21.3. The molecule has 0 saturated carbocycles. The molecule has 37 heavy (non-hydrogen) atoms. The van der Waals surface area contributed by atoms with E-state index in [0.717, 1.165) is 0 Å². The van der Waals surface area contributed by atoms with Crippen molar-refractivity contribution >= 4 is 30.8 Å². The number of anilines is 1. The number of fused-ring (bicyclic) bond motifs is 1. The fraction of sp³-hybridized carbons (Fsp3) is 0.391. The fourth-order valence-corrected chi connectivity index (χ4v) is 5.30. The van der Waals surface area contributed by atoms with E-state index in [1.165, 1.54) is 6.92 Å². The summed E-state index contributed by atoms with van der Waals surface area (Å²) in [6.07, 6.45) is 6.13. The minimum absolute atomic E-state index is 0.0333. The van der Waals surface area contributed by atoms with Crippen molar-refractivity contribution in [3.8, 4) is 11.6 Å². The molecule has 1 aliphatic rings. The number of hydrogen-bond donors (Lipinski definition) is 3. The first-order chi connectivity index (χ1) is 17.8. The summed E-state index contributed by atoms with van der Waals surface area (Å²) in [5, 5.41) is 11.7. The molecule has 0 fully saturated rings. The Labute approximate surface area is 213 Å². The average Bonchev–Trinajstić information content (AvgIpc) is 3.50. The summed E-state index contributed by atoms with van der Waals surface area (Å²) in [4.78, 5) is 24.2. The van der Waals surface area contributed by atoms with Gasteiger partial charge < -0.3 is 29.4 Å². The monoisotopic (exact) mass is 532 g/mol. The SMILES string of the molecule is COCCOc1nc(N)nc2c1ncn2[C@H]1C=C[C@@H](CO[P@@](=O)(NC(C)C(=O)O)Oc2ccccc2)C1. The number of ether oxygens (including phenoxy) is 2. The summed E-state index contributed by atoms with van der Waals surface area (Å²) in [7, 11) is -2.42. The Balaban J connectivity index is 1.45. The maximum absolute atomic E-state index is 13.4. The minimum atomic E-state index is -4.00. The summed E-state index contributed by atoms with van der Waals surface area (Å²) in [6, 6.07) is 7.15. The molecule has 0 amide bonds. The van der Waals surface area contributed by atoms with Crippen LogP contribution in [0.2, 0.25) is 0 Å². The number of para-hydroxylation sites is 1. The largest absolute Gasteiger partial charge is 0.480 e. The van der Waals surface area contributed by atoms with Gasteiger partial charge in [-0.05, 0) is 25.5 Å². The van der Waals surface area contributed by atoms with Gasteiger partial charge in [0.1, 0.15) is 18.4 Å². The van der Waals surface area contributed by atoms with Gasteiger partial charge in [-0.15, -0.1) is 0 Å². The van der Waals surface area contributed by atoms with Crippen LogP contribution in [0, 0.1) is 5.92 Å². The summed E-state index contributed by atoms with van der Waals surface area (Å²) >= 11 is 0. The Kier molecular flexibility index (Phi) is 8.39. The van der Waals surface area contributed by atoms with Gasteiger partial charge in [-0.3, -0.25) is 9.32 Å². The molecule has 198 valence electrons. The van der Waals surface area contributed by atoms with Crippen LogP contribution in [0.15, 0.2) is 48.8 Å². The average molecular weight is 532 g/mol. The predicted octanol–water partition coefficient (Wildman–Crippen LogP) is 2.82. The van der Waals surface area contributed by atoms with Gasteiger partial charge in [-0.25, -0.2) is 9.55 Å². The molecular formula is C23H29N6O7P. The first-order valence-electron chi connectivity index (χ1n) is 11.6. The molecule has 13 nitrogen and oxygen atoms in total. The number of nitrogens with one attached hydrogen (secondary N) is 1. The number of allylic oxidation sites excluding steroid dienone is 1. The zero-order chi connectivity index (χ0) is 26.4. The summed E-state index contributed by atoms with van der Waals surface area (Å²) in [5.41, 5.74) is 6.89. The van der Waals surface area contributed by atoms with Crippen LogP contribution in [0.3, 0.4) is 0 Å². The van der Waals surface area contributed by atoms with Gasteiger partial charge in [-0.1, -0.05) is 30.4 Å². The lowest BCUT2D eigenvalue weighted by atomic mass is 10.1. The highest BCUT2D eigenvalue weighted by atomic mass is 31.2. The lowest BCUT2D eigenvalue weighted by Crippen LogP contribution is -2.33. The Morgan fingerprint density at radius 1 is 1.27 bits per heavy atom. The van der Waals surface area contributed by atoms with Gasteiger partial charge in [0.15, 0.2) is 11.2 Å². The number of nitrogens with two attached hydrogens (primary N) is 1. The Hall–Kier alpha value is -3.51. The van der Waals surface area contributed by atoms with Crippen molar-refractivity contribution in [2.45, 2.75) is 25.4 Å². The number of nitrogen functional groups attached to an aromatic ring is 1. The van der Waals surface area contributed by atoms with Crippen molar-refractivity contribution in [1.82, 2.24) is 24.6 Å². The maximum Gasteiger partial charge on any atom is 0.459 e. The molecule has 3 aromatic rings. The van der Waals surface area contributed by atoms with Crippen LogP contribution in [0.25, 0.3) is 11.2 Å². The number of carboxylic acid groups (broad SMARTS) is 1. The van der Waals surface area contributed by atoms with E-state index < -0.39 is 19.8 Å². The van der Waals surface area contributed by atoms with E-state index in [-0.39, 0.29) is 37.0 Å². The molecule has 2 heterocycles. The first kappa shape index (κ1) is 26.6. The Bertz CT molecular complexity index is 1300. The van der Waals surface area contributed by atoms with Gasteiger partial charge in [0, 0.05) is 13.0 Å². The number of carboxylic acids is 1. The highest BCUT2D eigenvalue weighted by molar-refractivity contribution is 7.52. The molecular weight excluding hydrogens is 503 g/mol. The quantitative estimate of drug-likeness (QED) is 0.167. The number of methoxy groups -OCH3 is 1. The fourth-order valence-electron chi connectivity index (χ4n) is 3.75. The minimum Gasteiger partial charge on any atom is -0.480 e. The standard InChI is InChI=1S/C23H29N6O7P/c1-15(22(30)31)28-37(32,36-18-6-4-3-5-7-18)35-13-16-8-9-17(12-16)29-14-25-19-20(29)26-23(24)27-21(19)34-11-10-33-2/h3-9,14-17H,10-13H2,1-2H3,(H,28,32)(H,30,31)(H2,24,26,27)/t15?,16-,17+,37+/m1/s1. The van der Waals surface area contributed by atoms with Crippen molar-refractivity contribution < 1.29 is 33.0 Å². The van der Waals surface area contributed by atoms with Gasteiger partial charge in [0.2, 0.25) is 11.8 Å². The van der Waals surface area contributed by atoms with E-state index >= 15 is 0 Å². The lowest BCUT2D eigenvalue weighted by molar-refractivity contribution is -0.138. The number of aromatic nitrogens is 4. The normalized spacial score (nSPS) is 19.5. The van der Waals surface area contributed by atoms with E-state index in [0.29, 0.717) is 29.9 Å². The second-order valence-electron chi connectivity index (χ2n) is 8.39. The molecule has 4 N–H and O–H groups in total. The second kappa shape index (κ2) is 11.7. The van der Waals surface area contributed by atoms with Gasteiger partial charge in [-0.2, -0.15) is 15.1 Å². The highest BCUT2D eigenvalue weighted by Gasteiger charge is 2.33. The molecule has 1 aliphatic carbocycles. The summed E-state index contributed by atoms with van der Waals surface area (Å²) < 4.78 is 37.2. The molecule has 0 spiro atoms. The molecule has 14 heteroatoms. The van der Waals surface area contributed by atoms with Crippen LogP contribution in [0.1, 0.15) is 19.4 Å². The summed E-state index contributed by atoms with van der Waals surface area (Å²) in [5.74, 6) is -0.686. The number of nitrogens with zero attached hydrogens (tertiary/aromatic N) is 4. The van der Waals surface area contributed by atoms with E-state index in [1.807, 2.05) is 16.7 Å². The van der Waals surface area contributed by atoms with E-state index in [9.17, 15) is 14.5 Å². The predicted molar refractivity (Wildman–Crippen MR) is 134 cm³/mol. The van der Waals surface area contributed by atoms with Crippen LogP contribution in [0.4, 0.5) is 5.95 Å². The molecule has 4 atom stereocenters. The van der Waals surface area contributed by atoms with Gasteiger partial charge in [0.05, 0.1) is 25.6 Å². The van der Waals surface area contributed by atoms with E-state index in [2.05, 4.69) is 20.0 Å². The first-order valence-corrected chi connectivity index (χ1v) is 13.1. The number of imidazole rings is 1. The van der Waals surface area contributed by atoms with Gasteiger partial charge in [0.25, 0.3) is 0 Å². The highest BCUT2D eigenvalue weighted by Crippen LogP contribution is 2.46. The van der Waals surface area contributed by atoms with Crippen LogP contribution < -0.4 is 20.1 Å². The van der Waals surface area contributed by atoms with Crippen LogP contribution >= 0.6 is 7.75 Å². The van der Waals surface area contributed by atoms with E-state index in [4.69, 9.17) is 24.3 Å². The number of rotatable bonds is 13. The molecule has 2 aromatic heterocycles. The maximum atomic E-state index is 13.4. The third kappa shape index (κ3) is 6.63. The Morgan fingerprint density at radius 3 is 2.78 bits per heavy atom. The van der Waals surface area contributed by atoms with Crippen LogP contribution in [-0.4, -0.2) is 63.6 Å². The number of benzene rings is 1. The summed E-state index contributed by atoms with van der Waals surface area (Å²) in [6.45, 7) is 2.07. The van der Waals surface area contributed by atoms with Crippen LogP contribution in [0.5, 0.6) is 11.6 Å². The number of aliphatic carboxylic acids is 1. The molecule has 4 rings (SSSR count). The van der Waals surface area contributed by atoms with Crippen molar-refractivity contribution in [2.75, 3.05) is 32.7 Å². The molecule has 0 radical (unpaired) electrons. The molecule has 1 aromatic carbocycles. The number of hydrogen-bond acceptors (Lipinski definition) is 10. The Morgan fingerprint density at radius 2 is 2.05 bits per heavy atom. The van der Waals surface area contributed by atoms with Crippen molar-refractivity contribution in [2.24, 2.45) is 5.92 Å². The lowest BCUT2D eigenvalue weighted by Gasteiger charge is -2.23. The zero-order valence-electron chi connectivity index (χ0n) is 20.4. The smallest absolute Gasteiger partial charge is 0.459 e. The van der Waals surface area contributed by atoms with E-state index in [1.54, 1.807) is 43.8 Å². The molecule has 1 unspecified atom stereocenters.